The number of aryl methyl sites for hydroxylation is 3. The average molecular weight is 387 g/mol. The van der Waals surface area contributed by atoms with Crippen LogP contribution in [0.2, 0.25) is 0 Å². The largest absolute Gasteiger partial charge is 0.462 e. The zero-order valence-corrected chi connectivity index (χ0v) is 16.1. The third kappa shape index (κ3) is 4.58. The summed E-state index contributed by atoms with van der Waals surface area (Å²) in [5.41, 5.74) is 1.16. The fourth-order valence-electron chi connectivity index (χ4n) is 2.46. The minimum Gasteiger partial charge on any atom is -0.462 e. The van der Waals surface area contributed by atoms with Gasteiger partial charge in [0, 0.05) is 25.4 Å². The van der Waals surface area contributed by atoms with E-state index in [0.717, 1.165) is 5.69 Å². The number of nitrogens with zero attached hydrogens (tertiary/aromatic N) is 4. The van der Waals surface area contributed by atoms with Gasteiger partial charge < -0.3 is 19.4 Å². The Labute approximate surface area is 160 Å². The van der Waals surface area contributed by atoms with Crippen molar-refractivity contribution in [2.24, 2.45) is 0 Å². The first-order valence-corrected chi connectivity index (χ1v) is 8.62. The highest BCUT2D eigenvalue weighted by Crippen LogP contribution is 2.11. The zero-order valence-electron chi connectivity index (χ0n) is 16.1. The molecule has 0 saturated heterocycles. The highest BCUT2D eigenvalue weighted by atomic mass is 16.6. The molecule has 0 amide bonds. The Morgan fingerprint density at radius 3 is 2.54 bits per heavy atom. The van der Waals surface area contributed by atoms with Crippen LogP contribution in [0.3, 0.4) is 0 Å². The van der Waals surface area contributed by atoms with Crippen LogP contribution in [0.1, 0.15) is 35.7 Å². The predicted octanol–water partition coefficient (Wildman–Crippen LogP) is 2.53. The number of hydrogen-bond acceptors (Lipinski definition) is 7. The number of aromatic amines is 1. The third-order valence-corrected chi connectivity index (χ3v) is 3.78. The van der Waals surface area contributed by atoms with E-state index in [1.165, 1.54) is 12.4 Å². The first-order valence-electron chi connectivity index (χ1n) is 8.62. The molecule has 0 aliphatic rings. The van der Waals surface area contributed by atoms with Crippen LogP contribution in [-0.2, 0) is 11.3 Å². The number of imidazole rings is 1. The summed E-state index contributed by atoms with van der Waals surface area (Å²) in [7, 11) is 0. The molecule has 3 aromatic rings. The van der Waals surface area contributed by atoms with Gasteiger partial charge in [0.15, 0.2) is 5.82 Å². The summed E-state index contributed by atoms with van der Waals surface area (Å²) in [6.45, 7) is 8.04. The Morgan fingerprint density at radius 2 is 2.04 bits per heavy atom. The van der Waals surface area contributed by atoms with E-state index in [0.29, 0.717) is 23.4 Å². The Balaban J connectivity index is 0.000000261. The maximum Gasteiger partial charge on any atom is 0.343 e. The Bertz CT molecular complexity index is 1070. The highest BCUT2D eigenvalue weighted by molar-refractivity contribution is 5.93. The molecule has 0 aliphatic heterocycles. The van der Waals surface area contributed by atoms with Crippen molar-refractivity contribution in [2.75, 3.05) is 6.61 Å². The van der Waals surface area contributed by atoms with Gasteiger partial charge in [-0.1, -0.05) is 0 Å². The molecule has 10 heteroatoms. The number of rotatable bonds is 4. The maximum absolute atomic E-state index is 12.3. The number of carbonyl (C=O) groups excluding carboxylic acids is 1. The number of carbonyl (C=O) groups is 1. The van der Waals surface area contributed by atoms with Gasteiger partial charge in [0.05, 0.1) is 12.0 Å². The van der Waals surface area contributed by atoms with E-state index in [4.69, 9.17) is 4.74 Å². The van der Waals surface area contributed by atoms with E-state index < -0.39 is 10.9 Å². The van der Waals surface area contributed by atoms with Crippen molar-refractivity contribution in [3.05, 3.63) is 61.9 Å². The molecule has 0 aromatic carbocycles. The SMILES string of the molecule is CCOC(=O)c1cn(CC)c2nc(C)ccc2c1=O.Cc1ncc([N+](=O)[O-])[nH]1. The molecule has 3 rings (SSSR count). The first-order chi connectivity index (χ1) is 13.3. The van der Waals surface area contributed by atoms with E-state index in [-0.39, 0.29) is 23.4 Å². The number of nitrogens with one attached hydrogen (secondary N) is 1. The second-order valence-electron chi connectivity index (χ2n) is 5.81. The number of H-pyrrole nitrogens is 1. The van der Waals surface area contributed by atoms with Crippen molar-refractivity contribution >= 4 is 22.8 Å². The van der Waals surface area contributed by atoms with Gasteiger partial charge in [-0.2, -0.15) is 0 Å². The Hall–Kier alpha value is -3.56. The van der Waals surface area contributed by atoms with Crippen molar-refractivity contribution in [3.63, 3.8) is 0 Å². The summed E-state index contributed by atoms with van der Waals surface area (Å²) < 4.78 is 6.70. The second kappa shape index (κ2) is 8.89. The minimum atomic E-state index is -0.586. The molecule has 0 atom stereocenters. The zero-order chi connectivity index (χ0) is 20.8. The fraction of sp³-hybridized carbons (Fsp3) is 0.333. The van der Waals surface area contributed by atoms with Gasteiger partial charge in [0.2, 0.25) is 5.43 Å². The van der Waals surface area contributed by atoms with Crippen molar-refractivity contribution in [3.8, 4) is 0 Å². The molecule has 28 heavy (non-hydrogen) atoms. The lowest BCUT2D eigenvalue weighted by Gasteiger charge is -2.10. The smallest absolute Gasteiger partial charge is 0.343 e. The molecule has 0 fully saturated rings. The Kier molecular flexibility index (Phi) is 6.59. The van der Waals surface area contributed by atoms with Crippen LogP contribution in [0.25, 0.3) is 11.0 Å². The second-order valence-corrected chi connectivity index (χ2v) is 5.81. The molecule has 0 aliphatic carbocycles. The predicted molar refractivity (Wildman–Crippen MR) is 102 cm³/mol. The van der Waals surface area contributed by atoms with Crippen LogP contribution in [0.15, 0.2) is 29.3 Å². The molecule has 3 heterocycles. The van der Waals surface area contributed by atoms with Crippen LogP contribution in [0.5, 0.6) is 0 Å². The fourth-order valence-corrected chi connectivity index (χ4v) is 2.46. The molecular weight excluding hydrogens is 366 g/mol. The summed E-state index contributed by atoms with van der Waals surface area (Å²) in [6.07, 6.45) is 2.71. The van der Waals surface area contributed by atoms with Gasteiger partial charge >= 0.3 is 11.8 Å². The number of ether oxygens (including phenoxy) is 1. The summed E-state index contributed by atoms with van der Waals surface area (Å²) in [6, 6.07) is 3.47. The van der Waals surface area contributed by atoms with Crippen molar-refractivity contribution < 1.29 is 14.5 Å². The van der Waals surface area contributed by atoms with Gasteiger partial charge in [-0.25, -0.2) is 19.7 Å². The molecule has 0 spiro atoms. The van der Waals surface area contributed by atoms with Crippen molar-refractivity contribution in [1.29, 1.82) is 0 Å². The van der Waals surface area contributed by atoms with Gasteiger partial charge in [-0.15, -0.1) is 0 Å². The standard InChI is InChI=1S/C14H16N2O3.C4H5N3O2/c1-4-16-8-11(14(18)19-5-2)12(17)10-7-6-9(3)15-13(10)16;1-3-5-2-4(6-3)7(8)9/h6-8H,4-5H2,1-3H3;2H,1H3,(H,5,6). The summed E-state index contributed by atoms with van der Waals surface area (Å²) in [5, 5.41) is 10.4. The average Bonchev–Trinajstić information content (AvgIpc) is 3.09. The van der Waals surface area contributed by atoms with E-state index in [1.54, 1.807) is 30.5 Å². The van der Waals surface area contributed by atoms with E-state index >= 15 is 0 Å². The third-order valence-electron chi connectivity index (χ3n) is 3.78. The van der Waals surface area contributed by atoms with Crippen molar-refractivity contribution in [2.45, 2.75) is 34.2 Å². The highest BCUT2D eigenvalue weighted by Gasteiger charge is 2.16. The summed E-state index contributed by atoms with van der Waals surface area (Å²) in [5.74, 6) is -0.0913. The number of hydrogen-bond donors (Lipinski definition) is 1. The van der Waals surface area contributed by atoms with Gasteiger partial charge in [0.25, 0.3) is 0 Å². The van der Waals surface area contributed by atoms with E-state index in [2.05, 4.69) is 15.0 Å². The molecule has 0 bridgehead atoms. The molecule has 1 N–H and O–H groups in total. The molecule has 10 nitrogen and oxygen atoms in total. The van der Waals surface area contributed by atoms with Gasteiger partial charge in [0.1, 0.15) is 17.4 Å². The summed E-state index contributed by atoms with van der Waals surface area (Å²) >= 11 is 0. The monoisotopic (exact) mass is 387 g/mol. The lowest BCUT2D eigenvalue weighted by molar-refractivity contribution is -0.389. The number of aromatic nitrogens is 4. The molecular formula is C18H21N5O5. The van der Waals surface area contributed by atoms with Crippen LogP contribution in [0.4, 0.5) is 5.82 Å². The molecule has 3 aromatic heterocycles. The lowest BCUT2D eigenvalue weighted by atomic mass is 10.2. The minimum absolute atomic E-state index is 0.0573. The van der Waals surface area contributed by atoms with Crippen LogP contribution in [-0.4, -0.2) is 37.0 Å². The van der Waals surface area contributed by atoms with Crippen molar-refractivity contribution in [1.82, 2.24) is 19.5 Å². The molecule has 0 saturated carbocycles. The first kappa shape index (κ1) is 20.7. The molecule has 148 valence electrons. The van der Waals surface area contributed by atoms with Crippen LogP contribution < -0.4 is 5.43 Å². The quantitative estimate of drug-likeness (QED) is 0.413. The number of pyridine rings is 2. The topological polar surface area (TPSA) is 133 Å². The Morgan fingerprint density at radius 1 is 1.32 bits per heavy atom. The number of esters is 1. The molecule has 0 radical (unpaired) electrons. The van der Waals surface area contributed by atoms with Crippen LogP contribution >= 0.6 is 0 Å². The molecule has 0 unspecified atom stereocenters. The number of fused-ring (bicyclic) bond motifs is 1. The lowest BCUT2D eigenvalue weighted by Crippen LogP contribution is -2.21. The normalized spacial score (nSPS) is 10.3. The van der Waals surface area contributed by atoms with Crippen LogP contribution in [0, 0.1) is 24.0 Å². The maximum atomic E-state index is 12.3. The van der Waals surface area contributed by atoms with Gasteiger partial charge in [-0.3, -0.25) is 4.79 Å². The number of nitro groups is 1. The van der Waals surface area contributed by atoms with Gasteiger partial charge in [-0.05, 0) is 37.8 Å². The van der Waals surface area contributed by atoms with E-state index in [1.807, 2.05) is 13.8 Å². The van der Waals surface area contributed by atoms with E-state index in [9.17, 15) is 19.7 Å². The summed E-state index contributed by atoms with van der Waals surface area (Å²) in [4.78, 5) is 44.0.